The standard InChI is InChI=1S/C12H15N3O/c1-7-4-5-15-9(3)11(12(16)8(2)13)14-10(15)6-7/h4-6,8H,13H2,1-3H3. The van der Waals surface area contributed by atoms with Crippen LogP contribution in [0.5, 0.6) is 0 Å². The Labute approximate surface area is 94.1 Å². The zero-order valence-corrected chi connectivity index (χ0v) is 9.69. The van der Waals surface area contributed by atoms with E-state index in [2.05, 4.69) is 4.98 Å². The van der Waals surface area contributed by atoms with E-state index in [0.29, 0.717) is 5.69 Å². The van der Waals surface area contributed by atoms with Gasteiger partial charge in [0, 0.05) is 6.20 Å². The van der Waals surface area contributed by atoms with Gasteiger partial charge in [-0.15, -0.1) is 0 Å². The van der Waals surface area contributed by atoms with E-state index in [1.807, 2.05) is 36.6 Å². The van der Waals surface area contributed by atoms with Gasteiger partial charge in [0.25, 0.3) is 0 Å². The largest absolute Gasteiger partial charge is 0.321 e. The third-order valence-corrected chi connectivity index (χ3v) is 2.67. The molecule has 0 bridgehead atoms. The molecule has 0 saturated carbocycles. The molecular weight excluding hydrogens is 202 g/mol. The fourth-order valence-electron chi connectivity index (χ4n) is 1.72. The molecule has 2 heterocycles. The molecule has 2 aromatic heterocycles. The molecule has 0 radical (unpaired) electrons. The number of carbonyl (C=O) groups is 1. The maximum atomic E-state index is 11.8. The molecule has 0 fully saturated rings. The summed E-state index contributed by atoms with van der Waals surface area (Å²) in [6, 6.07) is 3.43. The van der Waals surface area contributed by atoms with Crippen molar-refractivity contribution in [2.24, 2.45) is 5.73 Å². The summed E-state index contributed by atoms with van der Waals surface area (Å²) in [5.41, 5.74) is 8.82. The van der Waals surface area contributed by atoms with Crippen molar-refractivity contribution in [3.05, 3.63) is 35.3 Å². The van der Waals surface area contributed by atoms with Crippen LogP contribution in [0.15, 0.2) is 18.3 Å². The number of Topliss-reactive ketones (excluding diaryl/α,β-unsaturated/α-hetero) is 1. The van der Waals surface area contributed by atoms with Crippen molar-refractivity contribution in [1.82, 2.24) is 9.38 Å². The summed E-state index contributed by atoms with van der Waals surface area (Å²) >= 11 is 0. The number of hydrogen-bond acceptors (Lipinski definition) is 3. The Kier molecular flexibility index (Phi) is 2.52. The van der Waals surface area contributed by atoms with Crippen molar-refractivity contribution >= 4 is 11.4 Å². The van der Waals surface area contributed by atoms with Crippen molar-refractivity contribution in [1.29, 1.82) is 0 Å². The molecule has 1 atom stereocenters. The van der Waals surface area contributed by atoms with E-state index in [0.717, 1.165) is 16.9 Å². The molecule has 4 nitrogen and oxygen atoms in total. The minimum Gasteiger partial charge on any atom is -0.321 e. The zero-order valence-electron chi connectivity index (χ0n) is 9.69. The number of ketones is 1. The van der Waals surface area contributed by atoms with Crippen LogP contribution >= 0.6 is 0 Å². The highest BCUT2D eigenvalue weighted by molar-refractivity contribution is 5.99. The van der Waals surface area contributed by atoms with Crippen LogP contribution < -0.4 is 5.73 Å². The predicted octanol–water partition coefficient (Wildman–Crippen LogP) is 1.48. The summed E-state index contributed by atoms with van der Waals surface area (Å²) in [6.07, 6.45) is 1.92. The van der Waals surface area contributed by atoms with Crippen molar-refractivity contribution in [2.45, 2.75) is 26.8 Å². The first-order chi connectivity index (χ1) is 7.50. The van der Waals surface area contributed by atoms with E-state index < -0.39 is 6.04 Å². The minimum atomic E-state index is -0.510. The lowest BCUT2D eigenvalue weighted by Gasteiger charge is -2.01. The maximum Gasteiger partial charge on any atom is 0.199 e. The number of pyridine rings is 1. The Morgan fingerprint density at radius 3 is 2.81 bits per heavy atom. The van der Waals surface area contributed by atoms with Crippen LogP contribution in [0.2, 0.25) is 0 Å². The number of nitrogens with zero attached hydrogens (tertiary/aromatic N) is 2. The van der Waals surface area contributed by atoms with Gasteiger partial charge in [0.05, 0.1) is 11.7 Å². The Balaban J connectivity index is 2.64. The van der Waals surface area contributed by atoms with E-state index >= 15 is 0 Å². The van der Waals surface area contributed by atoms with Crippen LogP contribution in [0.25, 0.3) is 5.65 Å². The van der Waals surface area contributed by atoms with Gasteiger partial charge in [-0.1, -0.05) is 0 Å². The first-order valence-corrected chi connectivity index (χ1v) is 5.26. The van der Waals surface area contributed by atoms with Gasteiger partial charge in [-0.3, -0.25) is 4.79 Å². The molecule has 84 valence electrons. The minimum absolute atomic E-state index is 0.112. The second kappa shape index (κ2) is 3.72. The van der Waals surface area contributed by atoms with Crippen molar-refractivity contribution < 1.29 is 4.79 Å². The topological polar surface area (TPSA) is 60.4 Å². The molecule has 2 aromatic rings. The van der Waals surface area contributed by atoms with Gasteiger partial charge in [-0.2, -0.15) is 0 Å². The van der Waals surface area contributed by atoms with Crippen LogP contribution in [0, 0.1) is 13.8 Å². The summed E-state index contributed by atoms with van der Waals surface area (Å²) in [7, 11) is 0. The molecule has 16 heavy (non-hydrogen) atoms. The first-order valence-electron chi connectivity index (χ1n) is 5.26. The molecule has 0 aromatic carbocycles. The highest BCUT2D eigenvalue weighted by Gasteiger charge is 2.18. The van der Waals surface area contributed by atoms with Crippen molar-refractivity contribution in [2.75, 3.05) is 0 Å². The van der Waals surface area contributed by atoms with E-state index in [1.165, 1.54) is 0 Å². The average Bonchev–Trinajstić information content (AvgIpc) is 2.54. The third-order valence-electron chi connectivity index (χ3n) is 2.67. The van der Waals surface area contributed by atoms with E-state index in [9.17, 15) is 4.79 Å². The fraction of sp³-hybridized carbons (Fsp3) is 0.333. The number of aromatic nitrogens is 2. The molecule has 0 aliphatic heterocycles. The lowest BCUT2D eigenvalue weighted by atomic mass is 10.1. The SMILES string of the molecule is Cc1ccn2c(C)c(C(=O)C(C)N)nc2c1. The quantitative estimate of drug-likeness (QED) is 0.775. The molecular formula is C12H15N3O. The van der Waals surface area contributed by atoms with Gasteiger partial charge in [0.15, 0.2) is 5.78 Å². The molecule has 2 rings (SSSR count). The molecule has 4 heteroatoms. The van der Waals surface area contributed by atoms with Crippen LogP contribution in [-0.2, 0) is 0 Å². The normalized spacial score (nSPS) is 13.0. The molecule has 0 saturated heterocycles. The Bertz CT molecular complexity index is 555. The van der Waals surface area contributed by atoms with Gasteiger partial charge >= 0.3 is 0 Å². The van der Waals surface area contributed by atoms with E-state index in [1.54, 1.807) is 6.92 Å². The summed E-state index contributed by atoms with van der Waals surface area (Å²) in [5, 5.41) is 0. The molecule has 2 N–H and O–H groups in total. The first kappa shape index (κ1) is 10.8. The van der Waals surface area contributed by atoms with E-state index in [4.69, 9.17) is 5.73 Å². The van der Waals surface area contributed by atoms with Crippen molar-refractivity contribution in [3.8, 4) is 0 Å². The molecule has 0 aliphatic rings. The number of nitrogens with two attached hydrogens (primary N) is 1. The van der Waals surface area contributed by atoms with Crippen LogP contribution in [0.4, 0.5) is 0 Å². The number of rotatable bonds is 2. The second-order valence-electron chi connectivity index (χ2n) is 4.13. The van der Waals surface area contributed by atoms with Gasteiger partial charge in [0.1, 0.15) is 11.3 Å². The Hall–Kier alpha value is -1.68. The number of aryl methyl sites for hydroxylation is 2. The smallest absolute Gasteiger partial charge is 0.199 e. The summed E-state index contributed by atoms with van der Waals surface area (Å²) < 4.78 is 1.91. The fourth-order valence-corrected chi connectivity index (χ4v) is 1.72. The maximum absolute atomic E-state index is 11.8. The second-order valence-corrected chi connectivity index (χ2v) is 4.13. The van der Waals surface area contributed by atoms with Crippen LogP contribution in [-0.4, -0.2) is 21.2 Å². The lowest BCUT2D eigenvalue weighted by Crippen LogP contribution is -2.27. The predicted molar refractivity (Wildman–Crippen MR) is 62.6 cm³/mol. The number of carbonyl (C=O) groups excluding carboxylic acids is 1. The monoisotopic (exact) mass is 217 g/mol. The molecule has 0 amide bonds. The van der Waals surface area contributed by atoms with Gasteiger partial charge in [-0.25, -0.2) is 4.98 Å². The van der Waals surface area contributed by atoms with Gasteiger partial charge in [-0.05, 0) is 38.5 Å². The van der Waals surface area contributed by atoms with Crippen LogP contribution in [0.3, 0.4) is 0 Å². The summed E-state index contributed by atoms with van der Waals surface area (Å²) in [5.74, 6) is -0.112. The zero-order chi connectivity index (χ0) is 11.9. The Morgan fingerprint density at radius 2 is 2.19 bits per heavy atom. The van der Waals surface area contributed by atoms with E-state index in [-0.39, 0.29) is 5.78 Å². The van der Waals surface area contributed by atoms with Gasteiger partial charge < -0.3 is 10.1 Å². The third kappa shape index (κ3) is 1.61. The summed E-state index contributed by atoms with van der Waals surface area (Å²) in [4.78, 5) is 16.1. The highest BCUT2D eigenvalue weighted by atomic mass is 16.1. The average molecular weight is 217 g/mol. The molecule has 0 aliphatic carbocycles. The molecule has 1 unspecified atom stereocenters. The molecule has 0 spiro atoms. The van der Waals surface area contributed by atoms with Crippen LogP contribution in [0.1, 0.15) is 28.7 Å². The number of hydrogen-bond donors (Lipinski definition) is 1. The van der Waals surface area contributed by atoms with Crippen molar-refractivity contribution in [3.63, 3.8) is 0 Å². The number of imidazole rings is 1. The summed E-state index contributed by atoms with van der Waals surface area (Å²) in [6.45, 7) is 5.55. The lowest BCUT2D eigenvalue weighted by molar-refractivity contribution is 0.0963. The number of fused-ring (bicyclic) bond motifs is 1. The highest BCUT2D eigenvalue weighted by Crippen LogP contribution is 2.14. The Morgan fingerprint density at radius 1 is 1.50 bits per heavy atom. The van der Waals surface area contributed by atoms with Gasteiger partial charge in [0.2, 0.25) is 0 Å².